The van der Waals surface area contributed by atoms with Gasteiger partial charge >= 0.3 is 12.4 Å². The molecule has 0 spiro atoms. The third kappa shape index (κ3) is 8.77. The maximum absolute atomic E-state index is 12.9. The Labute approximate surface area is 167 Å². The predicted octanol–water partition coefficient (Wildman–Crippen LogP) is 7.28. The quantitative estimate of drug-likeness (QED) is 0.511. The first kappa shape index (κ1) is 26.8. The van der Waals surface area contributed by atoms with Crippen molar-refractivity contribution in [1.29, 1.82) is 0 Å². The number of benzene rings is 2. The second-order valence-corrected chi connectivity index (χ2v) is 5.27. The van der Waals surface area contributed by atoms with Crippen LogP contribution in [0.4, 0.5) is 26.3 Å². The lowest BCUT2D eigenvalue weighted by atomic mass is 10.1. The molecule has 0 bridgehead atoms. The maximum Gasteiger partial charge on any atom is 0.416 e. The van der Waals surface area contributed by atoms with Crippen molar-refractivity contribution in [2.75, 3.05) is 6.61 Å². The molecule has 0 saturated heterocycles. The molecule has 0 saturated carbocycles. The van der Waals surface area contributed by atoms with Crippen molar-refractivity contribution in [3.8, 4) is 5.75 Å². The number of aliphatic hydroxyl groups is 1. The summed E-state index contributed by atoms with van der Waals surface area (Å²) in [5, 5.41) is 9.10. The van der Waals surface area contributed by atoms with Gasteiger partial charge in [-0.1, -0.05) is 58.0 Å². The summed E-state index contributed by atoms with van der Waals surface area (Å²) < 4.78 is 82.6. The Kier molecular flexibility index (Phi) is 11.4. The fourth-order valence-corrected chi connectivity index (χ4v) is 2.24. The molecule has 2 aromatic rings. The van der Waals surface area contributed by atoms with E-state index in [1.165, 1.54) is 0 Å². The van der Waals surface area contributed by atoms with Gasteiger partial charge in [-0.3, -0.25) is 0 Å². The van der Waals surface area contributed by atoms with Crippen molar-refractivity contribution in [2.45, 2.75) is 52.6 Å². The minimum atomic E-state index is -4.95. The fraction of sp³-hybridized carbons (Fsp3) is 0.429. The molecular formula is C21H26F6O2. The Morgan fingerprint density at radius 1 is 0.793 bits per heavy atom. The summed E-state index contributed by atoms with van der Waals surface area (Å²) in [7, 11) is 0. The van der Waals surface area contributed by atoms with Gasteiger partial charge in [-0.05, 0) is 23.8 Å². The number of hydrogen-bond acceptors (Lipinski definition) is 2. The Morgan fingerprint density at radius 2 is 1.24 bits per heavy atom. The van der Waals surface area contributed by atoms with E-state index in [0.717, 1.165) is 0 Å². The van der Waals surface area contributed by atoms with Gasteiger partial charge in [-0.15, -0.1) is 0 Å². The van der Waals surface area contributed by atoms with E-state index in [-0.39, 0.29) is 19.1 Å². The Bertz CT molecular complexity index is 664. The van der Waals surface area contributed by atoms with Gasteiger partial charge in [0.25, 0.3) is 0 Å². The average Bonchev–Trinajstić information content (AvgIpc) is 2.70. The molecule has 0 aromatic heterocycles. The van der Waals surface area contributed by atoms with Crippen molar-refractivity contribution in [2.24, 2.45) is 0 Å². The summed E-state index contributed by atoms with van der Waals surface area (Å²) in [6.45, 7) is 7.66. The standard InChI is InChI=1S/C17H14F6O2.2C2H6/c18-16(19,20)12-8-13(17(21,22)23)10-14(9-12)25-15(6-7-24)11-4-2-1-3-5-11;2*1-2/h1-5,8-10,15,24H,6-7H2;2*1-2H3. The smallest absolute Gasteiger partial charge is 0.416 e. The molecule has 0 radical (unpaired) electrons. The molecule has 0 fully saturated rings. The lowest BCUT2D eigenvalue weighted by molar-refractivity contribution is -0.143. The molecule has 1 unspecified atom stereocenters. The van der Waals surface area contributed by atoms with E-state index >= 15 is 0 Å². The molecule has 164 valence electrons. The Hall–Kier alpha value is -2.22. The highest BCUT2D eigenvalue weighted by molar-refractivity contribution is 5.38. The van der Waals surface area contributed by atoms with Crippen molar-refractivity contribution in [3.05, 3.63) is 65.2 Å². The zero-order valence-electron chi connectivity index (χ0n) is 16.7. The van der Waals surface area contributed by atoms with Crippen LogP contribution in [0.25, 0.3) is 0 Å². The van der Waals surface area contributed by atoms with Gasteiger partial charge in [0.1, 0.15) is 11.9 Å². The topological polar surface area (TPSA) is 29.5 Å². The minimum Gasteiger partial charge on any atom is -0.486 e. The van der Waals surface area contributed by atoms with Crippen LogP contribution in [-0.4, -0.2) is 11.7 Å². The van der Waals surface area contributed by atoms with Crippen LogP contribution < -0.4 is 4.74 Å². The first-order valence-corrected chi connectivity index (χ1v) is 9.23. The summed E-state index contributed by atoms with van der Waals surface area (Å²) in [4.78, 5) is 0. The van der Waals surface area contributed by atoms with E-state index in [9.17, 15) is 26.3 Å². The molecule has 2 rings (SSSR count). The third-order valence-corrected chi connectivity index (χ3v) is 3.40. The highest BCUT2D eigenvalue weighted by atomic mass is 19.4. The van der Waals surface area contributed by atoms with Crippen LogP contribution in [0.1, 0.15) is 56.9 Å². The Balaban J connectivity index is 0.00000184. The predicted molar refractivity (Wildman–Crippen MR) is 101 cm³/mol. The monoisotopic (exact) mass is 424 g/mol. The summed E-state index contributed by atoms with van der Waals surface area (Å²) in [5.74, 6) is -0.565. The van der Waals surface area contributed by atoms with Gasteiger partial charge in [-0.25, -0.2) is 0 Å². The number of rotatable bonds is 5. The number of aliphatic hydroxyl groups excluding tert-OH is 1. The van der Waals surface area contributed by atoms with Crippen molar-refractivity contribution < 1.29 is 36.2 Å². The second kappa shape index (κ2) is 12.4. The summed E-state index contributed by atoms with van der Waals surface area (Å²) in [5.41, 5.74) is -2.37. The van der Waals surface area contributed by atoms with Gasteiger partial charge in [0.15, 0.2) is 0 Å². The summed E-state index contributed by atoms with van der Waals surface area (Å²) in [6.07, 6.45) is -10.8. The largest absolute Gasteiger partial charge is 0.486 e. The number of halogens is 6. The minimum absolute atomic E-state index is 0.0155. The van der Waals surface area contributed by atoms with Crippen molar-refractivity contribution in [3.63, 3.8) is 0 Å². The summed E-state index contributed by atoms with van der Waals surface area (Å²) in [6, 6.07) is 9.29. The first-order chi connectivity index (χ1) is 13.6. The third-order valence-electron chi connectivity index (χ3n) is 3.40. The molecule has 1 atom stereocenters. The second-order valence-electron chi connectivity index (χ2n) is 5.27. The van der Waals surface area contributed by atoms with Gasteiger partial charge in [0, 0.05) is 13.0 Å². The van der Waals surface area contributed by atoms with Crippen LogP contribution in [0.3, 0.4) is 0 Å². The lowest BCUT2D eigenvalue weighted by Gasteiger charge is -2.21. The molecule has 0 aliphatic rings. The fourth-order valence-electron chi connectivity index (χ4n) is 2.24. The van der Waals surface area contributed by atoms with Crippen LogP contribution >= 0.6 is 0 Å². The van der Waals surface area contributed by atoms with E-state index in [1.807, 2.05) is 27.7 Å². The molecule has 2 nitrogen and oxygen atoms in total. The molecule has 0 aliphatic heterocycles. The van der Waals surface area contributed by atoms with Crippen molar-refractivity contribution >= 4 is 0 Å². The molecule has 29 heavy (non-hydrogen) atoms. The normalized spacial score (nSPS) is 12.1. The van der Waals surface area contributed by atoms with Gasteiger partial charge in [0.05, 0.1) is 11.1 Å². The van der Waals surface area contributed by atoms with Gasteiger partial charge in [0.2, 0.25) is 0 Å². The van der Waals surface area contributed by atoms with Crippen LogP contribution in [0.15, 0.2) is 48.5 Å². The number of hydrogen-bond donors (Lipinski definition) is 1. The lowest BCUT2D eigenvalue weighted by Crippen LogP contribution is -2.14. The van der Waals surface area contributed by atoms with E-state index in [0.29, 0.717) is 17.7 Å². The summed E-state index contributed by atoms with van der Waals surface area (Å²) >= 11 is 0. The van der Waals surface area contributed by atoms with Crippen LogP contribution in [-0.2, 0) is 12.4 Å². The highest BCUT2D eigenvalue weighted by Crippen LogP contribution is 2.39. The van der Waals surface area contributed by atoms with Crippen LogP contribution in [0, 0.1) is 0 Å². The van der Waals surface area contributed by atoms with Gasteiger partial charge in [-0.2, -0.15) is 26.3 Å². The van der Waals surface area contributed by atoms with Gasteiger partial charge < -0.3 is 9.84 Å². The molecular weight excluding hydrogens is 398 g/mol. The van der Waals surface area contributed by atoms with E-state index < -0.39 is 35.3 Å². The first-order valence-electron chi connectivity index (χ1n) is 9.23. The Morgan fingerprint density at radius 3 is 1.62 bits per heavy atom. The SMILES string of the molecule is CC.CC.OCCC(Oc1cc(C(F)(F)F)cc(C(F)(F)F)c1)c1ccccc1. The molecule has 0 amide bonds. The number of alkyl halides is 6. The average molecular weight is 424 g/mol. The zero-order valence-corrected chi connectivity index (χ0v) is 16.7. The molecule has 0 heterocycles. The number of ether oxygens (including phenoxy) is 1. The van der Waals surface area contributed by atoms with Crippen LogP contribution in [0.2, 0.25) is 0 Å². The van der Waals surface area contributed by atoms with E-state index in [4.69, 9.17) is 9.84 Å². The molecule has 0 aliphatic carbocycles. The maximum atomic E-state index is 12.9. The van der Waals surface area contributed by atoms with E-state index in [1.54, 1.807) is 30.3 Å². The molecule has 1 N–H and O–H groups in total. The van der Waals surface area contributed by atoms with E-state index in [2.05, 4.69) is 0 Å². The van der Waals surface area contributed by atoms with Crippen molar-refractivity contribution in [1.82, 2.24) is 0 Å². The zero-order chi connectivity index (χ0) is 22.7. The highest BCUT2D eigenvalue weighted by Gasteiger charge is 2.37. The van der Waals surface area contributed by atoms with Crippen LogP contribution in [0.5, 0.6) is 5.75 Å². The molecule has 2 aromatic carbocycles. The molecule has 8 heteroatoms.